The Balaban J connectivity index is 1.08. The second kappa shape index (κ2) is 11.0. The van der Waals surface area contributed by atoms with Crippen molar-refractivity contribution in [2.24, 2.45) is 5.92 Å². The third-order valence-electron chi connectivity index (χ3n) is 7.01. The Hall–Kier alpha value is -2.58. The van der Waals surface area contributed by atoms with E-state index in [9.17, 15) is 4.79 Å². The maximum absolute atomic E-state index is 12.7. The smallest absolute Gasteiger partial charge is 0.251 e. The number of ether oxygens (including phenoxy) is 2. The van der Waals surface area contributed by atoms with Crippen molar-refractivity contribution in [2.45, 2.75) is 38.8 Å². The minimum Gasteiger partial charge on any atom is -0.454 e. The first-order valence-electron chi connectivity index (χ1n) is 12.3. The van der Waals surface area contributed by atoms with Gasteiger partial charge in [0, 0.05) is 15.7 Å². The Labute approximate surface area is 221 Å². The lowest BCUT2D eigenvalue weighted by Gasteiger charge is -2.32. The number of likely N-dealkylation sites (tertiary alicyclic amines) is 1. The molecule has 0 saturated carbocycles. The summed E-state index contributed by atoms with van der Waals surface area (Å²) in [5.41, 5.74) is 4.41. The van der Waals surface area contributed by atoms with Gasteiger partial charge in [-0.1, -0.05) is 30.3 Å². The van der Waals surface area contributed by atoms with Crippen molar-refractivity contribution in [3.8, 4) is 11.5 Å². The molecule has 0 aromatic heterocycles. The highest BCUT2D eigenvalue weighted by Gasteiger charge is 2.21. The molecule has 2 heterocycles. The predicted octanol–water partition coefficient (Wildman–Crippen LogP) is 5.97. The number of nitrogens with one attached hydrogen (secondary N) is 1. The van der Waals surface area contributed by atoms with Gasteiger partial charge in [0.2, 0.25) is 6.79 Å². The van der Waals surface area contributed by atoms with Crippen LogP contribution in [-0.2, 0) is 13.0 Å². The van der Waals surface area contributed by atoms with Crippen molar-refractivity contribution in [3.63, 3.8) is 0 Å². The molecule has 1 fully saturated rings. The summed E-state index contributed by atoms with van der Waals surface area (Å²) in [5.74, 6) is 2.36. The summed E-state index contributed by atoms with van der Waals surface area (Å²) in [7, 11) is 0. The third-order valence-corrected chi connectivity index (χ3v) is 7.73. The van der Waals surface area contributed by atoms with Crippen molar-refractivity contribution in [1.29, 1.82) is 0 Å². The molecule has 1 atom stereocenters. The summed E-state index contributed by atoms with van der Waals surface area (Å²) < 4.78 is 12.1. The highest BCUT2D eigenvalue weighted by atomic mass is 127. The van der Waals surface area contributed by atoms with Crippen LogP contribution >= 0.6 is 22.6 Å². The second-order valence-electron chi connectivity index (χ2n) is 9.55. The number of piperidine rings is 1. The lowest BCUT2D eigenvalue weighted by molar-refractivity contribution is 0.0940. The van der Waals surface area contributed by atoms with Gasteiger partial charge in [-0.25, -0.2) is 0 Å². The zero-order valence-electron chi connectivity index (χ0n) is 20.0. The van der Waals surface area contributed by atoms with E-state index < -0.39 is 0 Å². The number of fused-ring (bicyclic) bond motifs is 1. The monoisotopic (exact) mass is 582 g/mol. The maximum Gasteiger partial charge on any atom is 0.251 e. The fraction of sp³-hybridized carbons (Fsp3) is 0.345. The highest BCUT2D eigenvalue weighted by molar-refractivity contribution is 14.1. The Morgan fingerprint density at radius 3 is 2.40 bits per heavy atom. The highest BCUT2D eigenvalue weighted by Crippen LogP contribution is 2.33. The number of rotatable bonds is 7. The molecule has 2 aliphatic heterocycles. The van der Waals surface area contributed by atoms with Gasteiger partial charge in [0.05, 0.1) is 6.04 Å². The lowest BCUT2D eigenvalue weighted by atomic mass is 9.89. The first-order chi connectivity index (χ1) is 17.0. The van der Waals surface area contributed by atoms with Crippen LogP contribution in [0.2, 0.25) is 0 Å². The van der Waals surface area contributed by atoms with E-state index >= 15 is 0 Å². The van der Waals surface area contributed by atoms with Gasteiger partial charge in [-0.2, -0.15) is 0 Å². The standard InChI is InChI=1S/C29H31IN2O3/c1-20(24-7-9-26(30)10-8-24)31-29(33)25-5-2-21(3-6-25)16-22-12-14-32(15-13-22)18-23-4-11-27-28(17-23)35-19-34-27/h2-11,17,20,22H,12-16,18-19H2,1H3,(H,31,33)/t20-/m1/s1. The molecule has 1 N–H and O–H groups in total. The van der Waals surface area contributed by atoms with Gasteiger partial charge in [-0.3, -0.25) is 9.69 Å². The summed E-state index contributed by atoms with van der Waals surface area (Å²) in [6.07, 6.45) is 3.46. The molecule has 3 aromatic carbocycles. The lowest BCUT2D eigenvalue weighted by Crippen LogP contribution is -2.33. The molecule has 0 unspecified atom stereocenters. The molecule has 0 bridgehead atoms. The molecule has 5 rings (SSSR count). The zero-order chi connectivity index (χ0) is 24.2. The number of amides is 1. The van der Waals surface area contributed by atoms with Crippen molar-refractivity contribution < 1.29 is 14.3 Å². The molecular formula is C29H31IN2O3. The average Bonchev–Trinajstić information content (AvgIpc) is 3.34. The summed E-state index contributed by atoms with van der Waals surface area (Å²) >= 11 is 2.29. The molecule has 5 nitrogen and oxygen atoms in total. The largest absolute Gasteiger partial charge is 0.454 e. The van der Waals surface area contributed by atoms with E-state index in [1.165, 1.54) is 27.5 Å². The Bertz CT molecular complexity index is 1160. The third kappa shape index (κ3) is 6.16. The van der Waals surface area contributed by atoms with Crippen LogP contribution in [0.4, 0.5) is 0 Å². The molecular weight excluding hydrogens is 551 g/mol. The molecule has 35 heavy (non-hydrogen) atoms. The van der Waals surface area contributed by atoms with Crippen LogP contribution < -0.4 is 14.8 Å². The molecule has 182 valence electrons. The van der Waals surface area contributed by atoms with Gasteiger partial charge in [-0.15, -0.1) is 0 Å². The van der Waals surface area contributed by atoms with Crippen LogP contribution in [0.3, 0.4) is 0 Å². The van der Waals surface area contributed by atoms with Crippen LogP contribution in [0.25, 0.3) is 0 Å². The summed E-state index contributed by atoms with van der Waals surface area (Å²) in [6, 6.07) is 22.6. The number of carbonyl (C=O) groups excluding carboxylic acids is 1. The minimum absolute atomic E-state index is 0.0259. The van der Waals surface area contributed by atoms with Gasteiger partial charge in [0.1, 0.15) is 0 Å². The van der Waals surface area contributed by atoms with Gasteiger partial charge in [0.25, 0.3) is 5.91 Å². The zero-order valence-corrected chi connectivity index (χ0v) is 22.2. The number of nitrogens with zero attached hydrogens (tertiary/aromatic N) is 1. The van der Waals surface area contributed by atoms with Gasteiger partial charge < -0.3 is 14.8 Å². The molecule has 1 saturated heterocycles. The molecule has 0 spiro atoms. The van der Waals surface area contributed by atoms with Crippen molar-refractivity contribution in [3.05, 3.63) is 92.6 Å². The molecule has 0 aliphatic carbocycles. The average molecular weight is 582 g/mol. The number of hydrogen-bond acceptors (Lipinski definition) is 4. The first-order valence-corrected chi connectivity index (χ1v) is 13.4. The van der Waals surface area contributed by atoms with E-state index in [0.29, 0.717) is 18.3 Å². The van der Waals surface area contributed by atoms with Crippen molar-refractivity contribution in [2.75, 3.05) is 19.9 Å². The summed E-state index contributed by atoms with van der Waals surface area (Å²) in [6.45, 7) is 5.51. The van der Waals surface area contributed by atoms with Crippen LogP contribution in [0.15, 0.2) is 66.7 Å². The first kappa shape index (κ1) is 24.1. The van der Waals surface area contributed by atoms with E-state index in [1.54, 1.807) is 0 Å². The molecule has 1 amide bonds. The fourth-order valence-corrected chi connectivity index (χ4v) is 5.25. The number of carbonyl (C=O) groups is 1. The number of halogens is 1. The number of hydrogen-bond donors (Lipinski definition) is 1. The number of benzene rings is 3. The van der Waals surface area contributed by atoms with Crippen LogP contribution in [-0.4, -0.2) is 30.7 Å². The predicted molar refractivity (Wildman–Crippen MR) is 146 cm³/mol. The van der Waals surface area contributed by atoms with Crippen LogP contribution in [0.1, 0.15) is 52.9 Å². The van der Waals surface area contributed by atoms with Crippen molar-refractivity contribution in [1.82, 2.24) is 10.2 Å². The van der Waals surface area contributed by atoms with E-state index in [2.05, 4.69) is 81.3 Å². The molecule has 2 aliphatic rings. The molecule has 0 radical (unpaired) electrons. The topological polar surface area (TPSA) is 50.8 Å². The fourth-order valence-electron chi connectivity index (χ4n) is 4.89. The van der Waals surface area contributed by atoms with E-state index in [1.807, 2.05) is 25.1 Å². The molecule has 6 heteroatoms. The van der Waals surface area contributed by atoms with E-state index in [0.717, 1.165) is 43.1 Å². The Morgan fingerprint density at radius 2 is 1.66 bits per heavy atom. The normalized spacial score (nSPS) is 16.7. The van der Waals surface area contributed by atoms with E-state index in [4.69, 9.17) is 9.47 Å². The van der Waals surface area contributed by atoms with Crippen LogP contribution in [0.5, 0.6) is 11.5 Å². The van der Waals surface area contributed by atoms with Gasteiger partial charge >= 0.3 is 0 Å². The van der Waals surface area contributed by atoms with Crippen molar-refractivity contribution >= 4 is 28.5 Å². The SMILES string of the molecule is C[C@@H](NC(=O)c1ccc(CC2CCN(Cc3ccc4c(c3)OCO4)CC2)cc1)c1ccc(I)cc1. The quantitative estimate of drug-likeness (QED) is 0.349. The van der Waals surface area contributed by atoms with E-state index in [-0.39, 0.29) is 11.9 Å². The Morgan fingerprint density at radius 1 is 0.971 bits per heavy atom. The van der Waals surface area contributed by atoms with Gasteiger partial charge in [0.15, 0.2) is 11.5 Å². The minimum atomic E-state index is -0.0283. The Kier molecular flexibility index (Phi) is 7.58. The maximum atomic E-state index is 12.7. The van der Waals surface area contributed by atoms with Gasteiger partial charge in [-0.05, 0) is 121 Å². The molecule has 3 aromatic rings. The van der Waals surface area contributed by atoms with Crippen LogP contribution in [0, 0.1) is 9.49 Å². The summed E-state index contributed by atoms with van der Waals surface area (Å²) in [4.78, 5) is 15.2. The second-order valence-corrected chi connectivity index (χ2v) is 10.8. The summed E-state index contributed by atoms with van der Waals surface area (Å²) in [5, 5.41) is 3.11.